The molecule has 0 heterocycles. The van der Waals surface area contributed by atoms with Crippen molar-refractivity contribution in [2.75, 3.05) is 6.54 Å². The van der Waals surface area contributed by atoms with E-state index in [2.05, 4.69) is 5.48 Å². The largest absolute Gasteiger partial charge is 0.370 e. The fraction of sp³-hybridized carbons (Fsp3) is 0.462. The van der Waals surface area contributed by atoms with Gasteiger partial charge in [-0.25, -0.2) is 0 Å². The summed E-state index contributed by atoms with van der Waals surface area (Å²) in [5, 5.41) is 0. The first-order chi connectivity index (χ1) is 8.33. The van der Waals surface area contributed by atoms with Crippen LogP contribution in [0.2, 0.25) is 0 Å². The third kappa shape index (κ3) is 8.06. The zero-order valence-electron chi connectivity index (χ0n) is 10.4. The molecule has 0 unspecified atom stereocenters. The molecule has 18 heavy (non-hydrogen) atoms. The summed E-state index contributed by atoms with van der Waals surface area (Å²) in [4.78, 5) is 16.2. The highest BCUT2D eigenvalue weighted by atomic mass is 35.5. The molecule has 0 saturated carbocycles. The van der Waals surface area contributed by atoms with Crippen LogP contribution in [0.25, 0.3) is 0 Å². The number of rotatable bonds is 8. The fourth-order valence-electron chi connectivity index (χ4n) is 1.44. The van der Waals surface area contributed by atoms with Gasteiger partial charge >= 0.3 is 5.97 Å². The fourth-order valence-corrected chi connectivity index (χ4v) is 1.44. The van der Waals surface area contributed by atoms with Gasteiger partial charge in [0.1, 0.15) is 0 Å². The third-order valence-corrected chi connectivity index (χ3v) is 2.39. The molecule has 0 amide bonds. The normalized spacial score (nSPS) is 9.61. The first-order valence-corrected chi connectivity index (χ1v) is 5.99. The summed E-state index contributed by atoms with van der Waals surface area (Å²) in [5.74, 6) is -0.210. The van der Waals surface area contributed by atoms with Crippen molar-refractivity contribution in [2.24, 2.45) is 5.73 Å². The maximum Gasteiger partial charge on any atom is 0.324 e. The number of nitrogens with two attached hydrogens (primary N) is 1. The molecule has 1 rings (SSSR count). The molecule has 0 fully saturated rings. The van der Waals surface area contributed by atoms with Gasteiger partial charge in [0.2, 0.25) is 0 Å². The summed E-state index contributed by atoms with van der Waals surface area (Å²) in [5.41, 5.74) is 9.12. The van der Waals surface area contributed by atoms with Gasteiger partial charge in [-0.05, 0) is 24.9 Å². The Morgan fingerprint density at radius 3 is 2.56 bits per heavy atom. The van der Waals surface area contributed by atoms with Gasteiger partial charge in [-0.3, -0.25) is 4.79 Å². The number of nitrogens with one attached hydrogen (secondary N) is 1. The van der Waals surface area contributed by atoms with Gasteiger partial charge in [0.05, 0.1) is 6.54 Å². The number of benzene rings is 1. The molecule has 1 aromatic carbocycles. The van der Waals surface area contributed by atoms with Crippen LogP contribution < -0.4 is 11.2 Å². The summed E-state index contributed by atoms with van der Waals surface area (Å²) in [6.45, 7) is 1.22. The molecule has 0 bridgehead atoms. The summed E-state index contributed by atoms with van der Waals surface area (Å²) < 4.78 is 0. The van der Waals surface area contributed by atoms with E-state index in [0.29, 0.717) is 19.5 Å². The van der Waals surface area contributed by atoms with Crippen LogP contribution in [0.5, 0.6) is 0 Å². The number of hydrogen-bond acceptors (Lipinski definition) is 4. The van der Waals surface area contributed by atoms with E-state index >= 15 is 0 Å². The van der Waals surface area contributed by atoms with Gasteiger partial charge in [0.15, 0.2) is 0 Å². The molecule has 0 aliphatic rings. The van der Waals surface area contributed by atoms with Crippen molar-refractivity contribution in [2.45, 2.75) is 32.2 Å². The van der Waals surface area contributed by atoms with Crippen molar-refractivity contribution in [3.63, 3.8) is 0 Å². The van der Waals surface area contributed by atoms with E-state index in [1.807, 2.05) is 30.3 Å². The van der Waals surface area contributed by atoms with E-state index in [9.17, 15) is 4.79 Å². The molecule has 4 nitrogen and oxygen atoms in total. The molecule has 0 atom stereocenters. The molecule has 3 N–H and O–H groups in total. The summed E-state index contributed by atoms with van der Waals surface area (Å²) in [7, 11) is 0. The Morgan fingerprint density at radius 2 is 1.89 bits per heavy atom. The summed E-state index contributed by atoms with van der Waals surface area (Å²) >= 11 is 0. The van der Waals surface area contributed by atoms with E-state index in [0.717, 1.165) is 24.8 Å². The van der Waals surface area contributed by atoms with Crippen molar-refractivity contribution in [3.8, 4) is 0 Å². The van der Waals surface area contributed by atoms with E-state index in [4.69, 9.17) is 10.6 Å². The monoisotopic (exact) mass is 272 g/mol. The van der Waals surface area contributed by atoms with Gasteiger partial charge in [-0.15, -0.1) is 17.9 Å². The predicted molar refractivity (Wildman–Crippen MR) is 74.1 cm³/mol. The van der Waals surface area contributed by atoms with E-state index in [1.54, 1.807) is 0 Å². The molecule has 0 saturated heterocycles. The Bertz CT molecular complexity index is 320. The van der Waals surface area contributed by atoms with Gasteiger partial charge < -0.3 is 10.6 Å². The SMILES string of the molecule is Cl.NCCCCCC(=O)ONCc1ccccc1. The van der Waals surface area contributed by atoms with Crippen LogP contribution in [0.15, 0.2) is 30.3 Å². The van der Waals surface area contributed by atoms with E-state index in [-0.39, 0.29) is 18.4 Å². The Hall–Kier alpha value is -1.10. The molecule has 0 radical (unpaired) electrons. The summed E-state index contributed by atoms with van der Waals surface area (Å²) in [6.07, 6.45) is 3.22. The second kappa shape index (κ2) is 11.0. The number of carbonyl (C=O) groups is 1. The molecule has 0 aromatic heterocycles. The van der Waals surface area contributed by atoms with Crippen LogP contribution >= 0.6 is 12.4 Å². The van der Waals surface area contributed by atoms with Crippen molar-refractivity contribution in [1.82, 2.24) is 5.48 Å². The van der Waals surface area contributed by atoms with Crippen LogP contribution in [-0.2, 0) is 16.2 Å². The number of hydroxylamine groups is 1. The zero-order chi connectivity index (χ0) is 12.3. The van der Waals surface area contributed by atoms with Crippen molar-refractivity contribution in [1.29, 1.82) is 0 Å². The quantitative estimate of drug-likeness (QED) is 0.562. The Morgan fingerprint density at radius 1 is 1.17 bits per heavy atom. The summed E-state index contributed by atoms with van der Waals surface area (Å²) in [6, 6.07) is 9.80. The highest BCUT2D eigenvalue weighted by Gasteiger charge is 2.02. The third-order valence-electron chi connectivity index (χ3n) is 2.39. The van der Waals surface area contributed by atoms with Crippen LogP contribution in [0.1, 0.15) is 31.2 Å². The van der Waals surface area contributed by atoms with E-state index < -0.39 is 0 Å². The second-order valence-electron chi connectivity index (χ2n) is 3.88. The average molecular weight is 273 g/mol. The zero-order valence-corrected chi connectivity index (χ0v) is 11.2. The molecule has 1 aromatic rings. The lowest BCUT2D eigenvalue weighted by Gasteiger charge is -2.05. The van der Waals surface area contributed by atoms with Crippen LogP contribution in [0.3, 0.4) is 0 Å². The topological polar surface area (TPSA) is 64.4 Å². The van der Waals surface area contributed by atoms with Crippen LogP contribution in [-0.4, -0.2) is 12.5 Å². The molecule has 0 spiro atoms. The smallest absolute Gasteiger partial charge is 0.324 e. The Labute approximate surface area is 114 Å². The minimum atomic E-state index is -0.210. The molecule has 0 aliphatic carbocycles. The Kier molecular flexibility index (Phi) is 10.3. The highest BCUT2D eigenvalue weighted by Crippen LogP contribution is 2.00. The molecule has 102 valence electrons. The van der Waals surface area contributed by atoms with E-state index in [1.165, 1.54) is 0 Å². The number of halogens is 1. The predicted octanol–water partition coefficient (Wildman–Crippen LogP) is 2.18. The molecular weight excluding hydrogens is 252 g/mol. The van der Waals surface area contributed by atoms with Gasteiger partial charge in [-0.2, -0.15) is 0 Å². The average Bonchev–Trinajstić information content (AvgIpc) is 2.36. The molecule has 5 heteroatoms. The lowest BCUT2D eigenvalue weighted by molar-refractivity contribution is -0.151. The van der Waals surface area contributed by atoms with Crippen molar-refractivity contribution >= 4 is 18.4 Å². The lowest BCUT2D eigenvalue weighted by atomic mass is 10.2. The molecular formula is C13H21ClN2O2. The maximum absolute atomic E-state index is 11.3. The van der Waals surface area contributed by atoms with Gasteiger partial charge in [0.25, 0.3) is 0 Å². The Balaban J connectivity index is 0.00000289. The number of unbranched alkanes of at least 4 members (excludes halogenated alkanes) is 2. The van der Waals surface area contributed by atoms with Crippen LogP contribution in [0.4, 0.5) is 0 Å². The minimum Gasteiger partial charge on any atom is -0.370 e. The lowest BCUT2D eigenvalue weighted by Crippen LogP contribution is -2.19. The molecule has 0 aliphatic heterocycles. The van der Waals surface area contributed by atoms with Crippen molar-refractivity contribution < 1.29 is 9.63 Å². The highest BCUT2D eigenvalue weighted by molar-refractivity contribution is 5.85. The number of carbonyl (C=O) groups excluding carboxylic acids is 1. The van der Waals surface area contributed by atoms with Crippen molar-refractivity contribution in [3.05, 3.63) is 35.9 Å². The second-order valence-corrected chi connectivity index (χ2v) is 3.88. The first kappa shape index (κ1) is 16.9. The van der Waals surface area contributed by atoms with Crippen LogP contribution in [0, 0.1) is 0 Å². The van der Waals surface area contributed by atoms with Gasteiger partial charge in [-0.1, -0.05) is 36.8 Å². The maximum atomic E-state index is 11.3. The minimum absolute atomic E-state index is 0. The van der Waals surface area contributed by atoms with Gasteiger partial charge in [0, 0.05) is 6.42 Å². The standard InChI is InChI=1S/C13H20N2O2.ClH/c14-10-6-2-5-9-13(16)17-15-11-12-7-3-1-4-8-12;/h1,3-4,7-8,15H,2,5-6,9-11,14H2;1H. The first-order valence-electron chi connectivity index (χ1n) is 5.99. The number of hydrogen-bond donors (Lipinski definition) is 2.